The lowest BCUT2D eigenvalue weighted by molar-refractivity contribution is -0.137. The fourth-order valence-corrected chi connectivity index (χ4v) is 4.20. The van der Waals surface area contributed by atoms with Gasteiger partial charge in [0.1, 0.15) is 5.75 Å². The number of nitrogens with zero attached hydrogens (tertiary/aromatic N) is 3. The minimum atomic E-state index is -4.55. The third kappa shape index (κ3) is 6.37. The van der Waals surface area contributed by atoms with Crippen LogP contribution in [0.4, 0.5) is 18.9 Å². The smallest absolute Gasteiger partial charge is 0.416 e. The van der Waals surface area contributed by atoms with Gasteiger partial charge in [-0.25, -0.2) is 0 Å². The molecule has 0 aliphatic rings. The molecule has 0 bridgehead atoms. The standard InChI is InChI=1S/C22H21Cl2F3N4O2S/c1-4-31-20(13(3)33-18-9-12(2)5-7-16(18)24)29-30-21(31)34-11-19(32)28-17-10-14(22(25,26)27)6-8-15(17)23/h5-10,13H,4,11H2,1-3H3,(H,28,32). The molecule has 1 N–H and O–H groups in total. The zero-order valence-electron chi connectivity index (χ0n) is 18.4. The summed E-state index contributed by atoms with van der Waals surface area (Å²) in [5.74, 6) is 0.424. The van der Waals surface area contributed by atoms with E-state index < -0.39 is 23.8 Å². The van der Waals surface area contributed by atoms with Crippen molar-refractivity contribution in [2.45, 2.75) is 44.8 Å². The summed E-state index contributed by atoms with van der Waals surface area (Å²) in [6, 6.07) is 8.19. The van der Waals surface area contributed by atoms with E-state index in [1.165, 1.54) is 0 Å². The molecule has 0 radical (unpaired) electrons. The van der Waals surface area contributed by atoms with Gasteiger partial charge in [0.15, 0.2) is 17.1 Å². The maximum atomic E-state index is 12.9. The number of ether oxygens (including phenoxy) is 1. The Bertz CT molecular complexity index is 1190. The highest BCUT2D eigenvalue weighted by Gasteiger charge is 2.31. The summed E-state index contributed by atoms with van der Waals surface area (Å²) in [6.07, 6.45) is -5.02. The highest BCUT2D eigenvalue weighted by Crippen LogP contribution is 2.34. The molecule has 0 saturated heterocycles. The minimum Gasteiger partial charge on any atom is -0.481 e. The van der Waals surface area contributed by atoms with Crippen LogP contribution < -0.4 is 10.1 Å². The Morgan fingerprint density at radius 3 is 2.56 bits per heavy atom. The molecular formula is C22H21Cl2F3N4O2S. The van der Waals surface area contributed by atoms with Crippen molar-refractivity contribution in [3.8, 4) is 5.75 Å². The van der Waals surface area contributed by atoms with Crippen molar-refractivity contribution in [1.82, 2.24) is 14.8 Å². The summed E-state index contributed by atoms with van der Waals surface area (Å²) >= 11 is 13.3. The van der Waals surface area contributed by atoms with Gasteiger partial charge in [-0.3, -0.25) is 4.79 Å². The molecule has 0 fully saturated rings. The van der Waals surface area contributed by atoms with Gasteiger partial charge in [0.25, 0.3) is 0 Å². The number of anilines is 1. The van der Waals surface area contributed by atoms with E-state index in [0.717, 1.165) is 35.5 Å². The van der Waals surface area contributed by atoms with E-state index in [4.69, 9.17) is 27.9 Å². The minimum absolute atomic E-state index is 0.00569. The monoisotopic (exact) mass is 532 g/mol. The molecule has 0 aliphatic carbocycles. The van der Waals surface area contributed by atoms with E-state index in [1.54, 1.807) is 10.6 Å². The second-order valence-corrected chi connectivity index (χ2v) is 9.07. The number of hydrogen-bond donors (Lipinski definition) is 1. The van der Waals surface area contributed by atoms with E-state index in [9.17, 15) is 18.0 Å². The van der Waals surface area contributed by atoms with Crippen LogP contribution in [0.5, 0.6) is 5.75 Å². The molecule has 1 amide bonds. The molecule has 0 saturated carbocycles. The molecule has 1 unspecified atom stereocenters. The first-order chi connectivity index (χ1) is 16.0. The largest absolute Gasteiger partial charge is 0.481 e. The second-order valence-electron chi connectivity index (χ2n) is 7.31. The van der Waals surface area contributed by atoms with Crippen molar-refractivity contribution in [2.24, 2.45) is 0 Å². The van der Waals surface area contributed by atoms with Gasteiger partial charge in [0.05, 0.1) is 27.0 Å². The van der Waals surface area contributed by atoms with Crippen molar-refractivity contribution in [3.63, 3.8) is 0 Å². The Morgan fingerprint density at radius 2 is 1.88 bits per heavy atom. The van der Waals surface area contributed by atoms with Gasteiger partial charge in [-0.1, -0.05) is 41.0 Å². The van der Waals surface area contributed by atoms with Crippen molar-refractivity contribution in [3.05, 3.63) is 63.4 Å². The van der Waals surface area contributed by atoms with Gasteiger partial charge in [0.2, 0.25) is 5.91 Å². The van der Waals surface area contributed by atoms with Gasteiger partial charge in [0, 0.05) is 6.54 Å². The Hall–Kier alpha value is -2.43. The number of alkyl halides is 3. The molecule has 3 aromatic rings. The number of carbonyl (C=O) groups is 1. The number of carbonyl (C=O) groups excluding carboxylic acids is 1. The number of nitrogens with one attached hydrogen (secondary N) is 1. The van der Waals surface area contributed by atoms with Gasteiger partial charge >= 0.3 is 6.18 Å². The van der Waals surface area contributed by atoms with Crippen LogP contribution >= 0.6 is 35.0 Å². The summed E-state index contributed by atoms with van der Waals surface area (Å²) in [5.41, 5.74) is -0.0265. The summed E-state index contributed by atoms with van der Waals surface area (Å²) < 4.78 is 46.6. The summed E-state index contributed by atoms with van der Waals surface area (Å²) in [5, 5.41) is 11.7. The maximum absolute atomic E-state index is 12.9. The number of hydrogen-bond acceptors (Lipinski definition) is 5. The Morgan fingerprint density at radius 1 is 1.18 bits per heavy atom. The van der Waals surface area contributed by atoms with E-state index in [2.05, 4.69) is 15.5 Å². The molecule has 3 rings (SSSR count). The number of halogens is 5. The lowest BCUT2D eigenvalue weighted by Crippen LogP contribution is -2.16. The van der Waals surface area contributed by atoms with E-state index in [0.29, 0.717) is 28.3 Å². The number of amides is 1. The molecule has 34 heavy (non-hydrogen) atoms. The zero-order valence-corrected chi connectivity index (χ0v) is 20.7. The molecule has 1 heterocycles. The summed E-state index contributed by atoms with van der Waals surface area (Å²) in [4.78, 5) is 12.4. The highest BCUT2D eigenvalue weighted by atomic mass is 35.5. The van der Waals surface area contributed by atoms with E-state index in [-0.39, 0.29) is 16.5 Å². The van der Waals surface area contributed by atoms with Crippen LogP contribution in [0.25, 0.3) is 0 Å². The molecule has 1 atom stereocenters. The number of aromatic nitrogens is 3. The fraction of sp³-hybridized carbons (Fsp3) is 0.318. The van der Waals surface area contributed by atoms with Crippen LogP contribution in [0.15, 0.2) is 41.6 Å². The van der Waals surface area contributed by atoms with E-state index in [1.807, 2.05) is 32.9 Å². The molecule has 6 nitrogen and oxygen atoms in total. The Kier molecular flexibility index (Phi) is 8.38. The fourth-order valence-electron chi connectivity index (χ4n) is 3.06. The lowest BCUT2D eigenvalue weighted by Gasteiger charge is -2.17. The predicted octanol–water partition coefficient (Wildman–Crippen LogP) is 6.80. The molecular weight excluding hydrogens is 512 g/mol. The van der Waals surface area contributed by atoms with Crippen LogP contribution in [0.1, 0.15) is 36.9 Å². The number of rotatable bonds is 8. The van der Waals surface area contributed by atoms with Crippen LogP contribution in [-0.2, 0) is 17.5 Å². The van der Waals surface area contributed by atoms with Crippen molar-refractivity contribution >= 4 is 46.6 Å². The van der Waals surface area contributed by atoms with Crippen LogP contribution in [-0.4, -0.2) is 26.4 Å². The van der Waals surface area contributed by atoms with Crippen LogP contribution in [0.2, 0.25) is 10.0 Å². The normalized spacial score (nSPS) is 12.5. The average molecular weight is 533 g/mol. The lowest BCUT2D eigenvalue weighted by atomic mass is 10.2. The molecule has 0 aliphatic heterocycles. The Balaban J connectivity index is 1.68. The number of aryl methyl sites for hydroxylation is 1. The molecule has 0 spiro atoms. The zero-order chi connectivity index (χ0) is 25.0. The number of thioether (sulfide) groups is 1. The van der Waals surface area contributed by atoms with Crippen LogP contribution in [0, 0.1) is 6.92 Å². The SMILES string of the molecule is CCn1c(SCC(=O)Nc2cc(C(F)(F)F)ccc2Cl)nnc1C(C)Oc1cc(C)ccc1Cl. The Labute approximate surface area is 208 Å². The molecule has 12 heteroatoms. The first kappa shape index (κ1) is 26.2. The van der Waals surface area contributed by atoms with Crippen molar-refractivity contribution < 1.29 is 22.7 Å². The van der Waals surface area contributed by atoms with Gasteiger partial charge in [-0.05, 0) is 56.7 Å². The third-order valence-electron chi connectivity index (χ3n) is 4.72. The van der Waals surface area contributed by atoms with Crippen LogP contribution in [0.3, 0.4) is 0 Å². The van der Waals surface area contributed by atoms with E-state index >= 15 is 0 Å². The van der Waals surface area contributed by atoms with Crippen molar-refractivity contribution in [2.75, 3.05) is 11.1 Å². The predicted molar refractivity (Wildman–Crippen MR) is 127 cm³/mol. The second kappa shape index (κ2) is 10.9. The quantitative estimate of drug-likeness (QED) is 0.323. The maximum Gasteiger partial charge on any atom is 0.416 e. The summed E-state index contributed by atoms with van der Waals surface area (Å²) in [7, 11) is 0. The van der Waals surface area contributed by atoms with Gasteiger partial charge in [-0.15, -0.1) is 10.2 Å². The first-order valence-electron chi connectivity index (χ1n) is 10.1. The molecule has 1 aromatic heterocycles. The van der Waals surface area contributed by atoms with Gasteiger partial charge < -0.3 is 14.6 Å². The van der Waals surface area contributed by atoms with Gasteiger partial charge in [-0.2, -0.15) is 13.2 Å². The van der Waals surface area contributed by atoms with Crippen molar-refractivity contribution in [1.29, 1.82) is 0 Å². The third-order valence-corrected chi connectivity index (χ3v) is 6.32. The first-order valence-corrected chi connectivity index (χ1v) is 11.9. The number of benzene rings is 2. The highest BCUT2D eigenvalue weighted by molar-refractivity contribution is 7.99. The molecule has 182 valence electrons. The average Bonchev–Trinajstić information content (AvgIpc) is 3.18. The summed E-state index contributed by atoms with van der Waals surface area (Å²) in [6.45, 7) is 6.15. The molecule has 2 aromatic carbocycles. The topological polar surface area (TPSA) is 69.0 Å².